The van der Waals surface area contributed by atoms with Gasteiger partial charge < -0.3 is 10.2 Å². The summed E-state index contributed by atoms with van der Waals surface area (Å²) in [7, 11) is 0. The van der Waals surface area contributed by atoms with Crippen molar-refractivity contribution >= 4 is 17.3 Å². The normalized spacial score (nSPS) is 16.0. The summed E-state index contributed by atoms with van der Waals surface area (Å²) in [5, 5.41) is 6.32. The zero-order valence-corrected chi connectivity index (χ0v) is 11.5. The third-order valence-electron chi connectivity index (χ3n) is 3.06. The van der Waals surface area contributed by atoms with Gasteiger partial charge in [0.2, 0.25) is 0 Å². The lowest BCUT2D eigenvalue weighted by Gasteiger charge is -2.05. The first-order valence-electron chi connectivity index (χ1n) is 6.62. The average Bonchev–Trinajstić information content (AvgIpc) is 2.72. The first kappa shape index (κ1) is 15.3. The van der Waals surface area contributed by atoms with Crippen LogP contribution in [0.25, 0.3) is 0 Å². The van der Waals surface area contributed by atoms with E-state index < -0.39 is 18.5 Å². The fourth-order valence-corrected chi connectivity index (χ4v) is 1.96. The van der Waals surface area contributed by atoms with Gasteiger partial charge >= 0.3 is 6.18 Å². The van der Waals surface area contributed by atoms with Gasteiger partial charge in [-0.25, -0.2) is 0 Å². The van der Waals surface area contributed by atoms with Gasteiger partial charge in [0.05, 0.1) is 5.69 Å². The molecule has 21 heavy (non-hydrogen) atoms. The third kappa shape index (κ3) is 3.96. The second kappa shape index (κ2) is 6.15. The Bertz CT molecular complexity index is 568. The molecule has 7 heteroatoms. The molecular formula is C14H15F3N2O2. The highest BCUT2D eigenvalue weighted by Gasteiger charge is 2.28. The molecule has 0 aliphatic carbocycles. The van der Waals surface area contributed by atoms with Crippen molar-refractivity contribution in [1.82, 2.24) is 0 Å². The summed E-state index contributed by atoms with van der Waals surface area (Å²) in [6, 6.07) is 5.47. The van der Waals surface area contributed by atoms with E-state index in [2.05, 4.69) is 10.5 Å². The molecule has 0 saturated carbocycles. The average molecular weight is 300 g/mol. The zero-order chi connectivity index (χ0) is 15.5. The molecule has 1 aliphatic rings. The fourth-order valence-electron chi connectivity index (χ4n) is 1.96. The van der Waals surface area contributed by atoms with Crippen LogP contribution in [0.3, 0.4) is 0 Å². The molecule has 0 unspecified atom stereocenters. The van der Waals surface area contributed by atoms with E-state index in [9.17, 15) is 18.0 Å². The van der Waals surface area contributed by atoms with Crippen molar-refractivity contribution in [2.75, 3.05) is 11.9 Å². The number of carbonyl (C=O) groups excluding carboxylic acids is 1. The number of nitrogens with zero attached hydrogens (tertiary/aromatic N) is 1. The van der Waals surface area contributed by atoms with Crippen LogP contribution in [0.2, 0.25) is 0 Å². The van der Waals surface area contributed by atoms with Gasteiger partial charge in [0.25, 0.3) is 5.91 Å². The second-order valence-corrected chi connectivity index (χ2v) is 4.68. The largest absolute Gasteiger partial charge is 0.395 e. The number of halogens is 3. The number of fused-ring (bicyclic) bond motifs is 1. The van der Waals surface area contributed by atoms with E-state index in [1.54, 1.807) is 6.07 Å². The molecule has 0 spiro atoms. The molecule has 0 atom stereocenters. The molecule has 1 aromatic rings. The van der Waals surface area contributed by atoms with Gasteiger partial charge in [0.15, 0.2) is 5.71 Å². The van der Waals surface area contributed by atoms with E-state index in [4.69, 9.17) is 4.84 Å². The van der Waals surface area contributed by atoms with Gasteiger partial charge in [-0.2, -0.15) is 13.2 Å². The fraction of sp³-hybridized carbons (Fsp3) is 0.429. The van der Waals surface area contributed by atoms with Crippen LogP contribution in [0, 0.1) is 0 Å². The summed E-state index contributed by atoms with van der Waals surface area (Å²) in [6.45, 7) is 1.82. The standard InChI is InChI=1S/C14H15F3N2O2/c1-2-9-4-5-10-11(8-9)18-13(20)12(10)19-21-7-3-6-14(15,16)17/h4-5,8H,2-3,6-7H2,1H3,(H,18,19,20). The van der Waals surface area contributed by atoms with Gasteiger partial charge in [0, 0.05) is 12.0 Å². The lowest BCUT2D eigenvalue weighted by atomic mass is 10.1. The number of carbonyl (C=O) groups is 1. The Hall–Kier alpha value is -2.05. The van der Waals surface area contributed by atoms with Crippen molar-refractivity contribution in [3.8, 4) is 0 Å². The molecule has 114 valence electrons. The predicted molar refractivity (Wildman–Crippen MR) is 72.2 cm³/mol. The SMILES string of the molecule is CCc1ccc2c(c1)NC(=O)C2=NOCCCC(F)(F)F. The van der Waals surface area contributed by atoms with Crippen LogP contribution < -0.4 is 5.32 Å². The Morgan fingerprint density at radius 3 is 2.76 bits per heavy atom. The number of aryl methyl sites for hydroxylation is 1. The molecule has 1 aromatic carbocycles. The van der Waals surface area contributed by atoms with Crippen molar-refractivity contribution in [3.63, 3.8) is 0 Å². The number of hydrogen-bond acceptors (Lipinski definition) is 3. The number of oxime groups is 1. The maximum Gasteiger partial charge on any atom is 0.389 e. The highest BCUT2D eigenvalue weighted by Crippen LogP contribution is 2.25. The highest BCUT2D eigenvalue weighted by molar-refractivity contribution is 6.53. The van der Waals surface area contributed by atoms with E-state index in [1.165, 1.54) is 0 Å². The Morgan fingerprint density at radius 1 is 1.33 bits per heavy atom. The molecule has 0 aromatic heterocycles. The first-order chi connectivity index (χ1) is 9.90. The van der Waals surface area contributed by atoms with Crippen LogP contribution in [-0.2, 0) is 16.1 Å². The van der Waals surface area contributed by atoms with E-state index in [0.29, 0.717) is 11.3 Å². The van der Waals surface area contributed by atoms with E-state index in [1.807, 2.05) is 19.1 Å². The van der Waals surface area contributed by atoms with Gasteiger partial charge in [-0.1, -0.05) is 24.2 Å². The summed E-state index contributed by atoms with van der Waals surface area (Å²) < 4.78 is 35.9. The van der Waals surface area contributed by atoms with Crippen LogP contribution in [0.1, 0.15) is 30.9 Å². The number of benzene rings is 1. The van der Waals surface area contributed by atoms with E-state index in [0.717, 1.165) is 12.0 Å². The lowest BCUT2D eigenvalue weighted by molar-refractivity contribution is -0.137. The minimum atomic E-state index is -4.20. The number of nitrogens with one attached hydrogen (secondary N) is 1. The highest BCUT2D eigenvalue weighted by atomic mass is 19.4. The molecule has 1 aliphatic heterocycles. The Kier molecular flexibility index (Phi) is 4.50. The minimum Gasteiger partial charge on any atom is -0.395 e. The topological polar surface area (TPSA) is 50.7 Å². The molecule has 1 N–H and O–H groups in total. The summed E-state index contributed by atoms with van der Waals surface area (Å²) >= 11 is 0. The summed E-state index contributed by atoms with van der Waals surface area (Å²) in [5.41, 5.74) is 2.42. The Labute approximate surface area is 120 Å². The van der Waals surface area contributed by atoms with Gasteiger partial charge in [-0.3, -0.25) is 4.79 Å². The minimum absolute atomic E-state index is 0.0969. The maximum absolute atomic E-state index is 12.0. The molecule has 1 amide bonds. The Morgan fingerprint density at radius 2 is 2.10 bits per heavy atom. The molecule has 0 bridgehead atoms. The van der Waals surface area contributed by atoms with Crippen LogP contribution in [-0.4, -0.2) is 24.4 Å². The van der Waals surface area contributed by atoms with Crippen LogP contribution in [0.15, 0.2) is 23.4 Å². The molecule has 0 saturated heterocycles. The predicted octanol–water partition coefficient (Wildman–Crippen LogP) is 3.26. The number of anilines is 1. The second-order valence-electron chi connectivity index (χ2n) is 4.68. The number of alkyl halides is 3. The van der Waals surface area contributed by atoms with Gasteiger partial charge in [-0.15, -0.1) is 0 Å². The molecule has 0 radical (unpaired) electrons. The summed E-state index contributed by atoms with van der Waals surface area (Å²) in [5.74, 6) is -0.408. The molecular weight excluding hydrogens is 285 g/mol. The summed E-state index contributed by atoms with van der Waals surface area (Å²) in [6.07, 6.45) is -4.49. The van der Waals surface area contributed by atoms with Gasteiger partial charge in [-0.05, 0) is 24.5 Å². The van der Waals surface area contributed by atoms with Crippen molar-refractivity contribution in [2.24, 2.45) is 5.16 Å². The van der Waals surface area contributed by atoms with Crippen molar-refractivity contribution in [2.45, 2.75) is 32.4 Å². The van der Waals surface area contributed by atoms with E-state index >= 15 is 0 Å². The zero-order valence-electron chi connectivity index (χ0n) is 11.5. The molecule has 0 fully saturated rings. The number of hydrogen-bond donors (Lipinski definition) is 1. The summed E-state index contributed by atoms with van der Waals surface area (Å²) in [4.78, 5) is 16.6. The molecule has 4 nitrogen and oxygen atoms in total. The van der Waals surface area contributed by atoms with Crippen molar-refractivity contribution in [3.05, 3.63) is 29.3 Å². The third-order valence-corrected chi connectivity index (χ3v) is 3.06. The quantitative estimate of drug-likeness (QED) is 0.670. The van der Waals surface area contributed by atoms with E-state index in [-0.39, 0.29) is 18.7 Å². The number of rotatable bonds is 5. The van der Waals surface area contributed by atoms with Crippen molar-refractivity contribution < 1.29 is 22.8 Å². The first-order valence-corrected chi connectivity index (χ1v) is 6.62. The number of amides is 1. The Balaban J connectivity index is 1.98. The smallest absolute Gasteiger partial charge is 0.389 e. The van der Waals surface area contributed by atoms with Crippen LogP contribution in [0.4, 0.5) is 18.9 Å². The maximum atomic E-state index is 12.0. The molecule has 2 rings (SSSR count). The lowest BCUT2D eigenvalue weighted by Crippen LogP contribution is -2.15. The monoisotopic (exact) mass is 300 g/mol. The molecule has 1 heterocycles. The van der Waals surface area contributed by atoms with Crippen LogP contribution in [0.5, 0.6) is 0 Å². The van der Waals surface area contributed by atoms with Crippen molar-refractivity contribution in [1.29, 1.82) is 0 Å². The van der Waals surface area contributed by atoms with Gasteiger partial charge in [0.1, 0.15) is 6.61 Å². The van der Waals surface area contributed by atoms with Crippen LogP contribution >= 0.6 is 0 Å².